The van der Waals surface area contributed by atoms with E-state index in [1.165, 1.54) is 17.0 Å². The van der Waals surface area contributed by atoms with Crippen LogP contribution in [0.5, 0.6) is 0 Å². The number of imide groups is 1. The van der Waals surface area contributed by atoms with Crippen LogP contribution in [0.25, 0.3) is 5.57 Å². The van der Waals surface area contributed by atoms with Gasteiger partial charge in [-0.3, -0.25) is 9.59 Å². The van der Waals surface area contributed by atoms with Gasteiger partial charge in [0, 0.05) is 32.9 Å². The second-order valence-corrected chi connectivity index (χ2v) is 8.26. The monoisotopic (exact) mass is 407 g/mol. The first-order valence-corrected chi connectivity index (χ1v) is 10.3. The molecule has 2 aliphatic heterocycles. The quantitative estimate of drug-likeness (QED) is 0.721. The second-order valence-electron chi connectivity index (χ2n) is 8.26. The van der Waals surface area contributed by atoms with Gasteiger partial charge < -0.3 is 9.80 Å². The molecular weight excluding hydrogens is 381 g/mol. The summed E-state index contributed by atoms with van der Waals surface area (Å²) in [6.45, 7) is 3.66. The molecule has 4 rings (SSSR count). The molecule has 2 aromatic carbocycles. The molecule has 1 saturated heterocycles. The molecule has 0 saturated carbocycles. The predicted molar refractivity (Wildman–Crippen MR) is 117 cm³/mol. The van der Waals surface area contributed by atoms with Gasteiger partial charge in [0.2, 0.25) is 0 Å². The fraction of sp³-hybridized carbons (Fsp3) is 0.333. The zero-order valence-corrected chi connectivity index (χ0v) is 17.6. The van der Waals surface area contributed by atoms with Crippen molar-refractivity contribution in [3.8, 4) is 0 Å². The smallest absolute Gasteiger partial charge is 0.282 e. The van der Waals surface area contributed by atoms with E-state index in [0.29, 0.717) is 28.4 Å². The number of nitrogens with zero attached hydrogens (tertiary/aromatic N) is 3. The van der Waals surface area contributed by atoms with Crippen molar-refractivity contribution in [3.05, 3.63) is 65.6 Å². The SMILES string of the molecule is CC1CCN(C2=C(c3ccc(F)cc3)C(=O)N(c3cccc(N(C)C)c3)C2=O)CC1. The lowest BCUT2D eigenvalue weighted by Gasteiger charge is -2.32. The van der Waals surface area contributed by atoms with Gasteiger partial charge in [0.1, 0.15) is 11.5 Å². The third kappa shape index (κ3) is 3.58. The standard InChI is InChI=1S/C24H26FN3O2/c1-16-11-13-27(14-12-16)22-21(17-7-9-18(25)10-8-17)23(29)28(24(22)30)20-6-4-5-19(15-20)26(2)3/h4-10,15-16H,11-14H2,1-3H3. The Morgan fingerprint density at radius 2 is 1.63 bits per heavy atom. The number of amides is 2. The number of halogens is 1. The van der Waals surface area contributed by atoms with Gasteiger partial charge in [0.15, 0.2) is 0 Å². The molecule has 0 aromatic heterocycles. The minimum Gasteiger partial charge on any atom is -0.378 e. The first kappa shape index (κ1) is 20.1. The number of carbonyl (C=O) groups excluding carboxylic acids is 2. The first-order chi connectivity index (χ1) is 14.4. The molecule has 2 heterocycles. The van der Waals surface area contributed by atoms with Gasteiger partial charge in [-0.1, -0.05) is 25.1 Å². The maximum Gasteiger partial charge on any atom is 0.282 e. The Bertz CT molecular complexity index is 1010. The molecule has 2 amide bonds. The molecule has 0 N–H and O–H groups in total. The van der Waals surface area contributed by atoms with Gasteiger partial charge in [-0.2, -0.15) is 0 Å². The summed E-state index contributed by atoms with van der Waals surface area (Å²) in [4.78, 5) is 32.3. The molecule has 156 valence electrons. The number of rotatable bonds is 4. The number of likely N-dealkylation sites (tertiary alicyclic amines) is 1. The van der Waals surface area contributed by atoms with Gasteiger partial charge in [0.25, 0.3) is 11.8 Å². The fourth-order valence-corrected chi connectivity index (χ4v) is 4.07. The Labute approximate surface area is 176 Å². The zero-order chi connectivity index (χ0) is 21.4. The molecular formula is C24H26FN3O2. The highest BCUT2D eigenvalue weighted by Gasteiger charge is 2.43. The van der Waals surface area contributed by atoms with Crippen molar-refractivity contribution >= 4 is 28.8 Å². The number of anilines is 2. The van der Waals surface area contributed by atoms with E-state index < -0.39 is 0 Å². The zero-order valence-electron chi connectivity index (χ0n) is 17.6. The fourth-order valence-electron chi connectivity index (χ4n) is 4.07. The van der Waals surface area contributed by atoms with Crippen LogP contribution in [0.4, 0.5) is 15.8 Å². The van der Waals surface area contributed by atoms with Crippen molar-refractivity contribution in [1.29, 1.82) is 0 Å². The highest BCUT2D eigenvalue weighted by atomic mass is 19.1. The van der Waals surface area contributed by atoms with Gasteiger partial charge >= 0.3 is 0 Å². The molecule has 0 bridgehead atoms. The van der Waals surface area contributed by atoms with Crippen molar-refractivity contribution in [2.45, 2.75) is 19.8 Å². The number of hydrogen-bond acceptors (Lipinski definition) is 4. The summed E-state index contributed by atoms with van der Waals surface area (Å²) in [6, 6.07) is 13.2. The molecule has 0 unspecified atom stereocenters. The number of benzene rings is 2. The lowest BCUT2D eigenvalue weighted by Crippen LogP contribution is -2.38. The largest absolute Gasteiger partial charge is 0.378 e. The molecule has 0 atom stereocenters. The molecule has 0 radical (unpaired) electrons. The first-order valence-electron chi connectivity index (χ1n) is 10.3. The van der Waals surface area contributed by atoms with Crippen molar-refractivity contribution in [2.75, 3.05) is 37.0 Å². The second kappa shape index (κ2) is 7.94. The Kier molecular flexibility index (Phi) is 5.33. The summed E-state index contributed by atoms with van der Waals surface area (Å²) < 4.78 is 13.5. The number of hydrogen-bond donors (Lipinski definition) is 0. The predicted octanol–water partition coefficient (Wildman–Crippen LogP) is 3.91. The lowest BCUT2D eigenvalue weighted by molar-refractivity contribution is -0.120. The summed E-state index contributed by atoms with van der Waals surface area (Å²) in [7, 11) is 3.82. The van der Waals surface area contributed by atoms with Gasteiger partial charge in [0.05, 0.1) is 11.3 Å². The van der Waals surface area contributed by atoms with E-state index in [0.717, 1.165) is 31.6 Å². The van der Waals surface area contributed by atoms with E-state index in [1.54, 1.807) is 18.2 Å². The van der Waals surface area contributed by atoms with Gasteiger partial charge in [-0.15, -0.1) is 0 Å². The van der Waals surface area contributed by atoms with Crippen LogP contribution >= 0.6 is 0 Å². The molecule has 30 heavy (non-hydrogen) atoms. The highest BCUT2D eigenvalue weighted by Crippen LogP contribution is 2.37. The van der Waals surface area contributed by atoms with Crippen molar-refractivity contribution < 1.29 is 14.0 Å². The van der Waals surface area contributed by atoms with Crippen LogP contribution in [0.2, 0.25) is 0 Å². The third-order valence-corrected chi connectivity index (χ3v) is 5.90. The highest BCUT2D eigenvalue weighted by molar-refractivity contribution is 6.45. The number of carbonyl (C=O) groups is 2. The van der Waals surface area contributed by atoms with Crippen LogP contribution in [0, 0.1) is 11.7 Å². The average molecular weight is 407 g/mol. The van der Waals surface area contributed by atoms with E-state index in [2.05, 4.69) is 6.92 Å². The van der Waals surface area contributed by atoms with E-state index in [9.17, 15) is 14.0 Å². The van der Waals surface area contributed by atoms with Crippen LogP contribution in [0.15, 0.2) is 54.2 Å². The molecule has 2 aromatic rings. The van der Waals surface area contributed by atoms with Crippen LogP contribution in [-0.2, 0) is 9.59 Å². The minimum absolute atomic E-state index is 0.315. The van der Waals surface area contributed by atoms with Crippen LogP contribution in [0.3, 0.4) is 0 Å². The van der Waals surface area contributed by atoms with E-state index in [-0.39, 0.29) is 17.6 Å². The summed E-state index contributed by atoms with van der Waals surface area (Å²) in [6.07, 6.45) is 1.94. The summed E-state index contributed by atoms with van der Waals surface area (Å²) in [5.41, 5.74) is 2.78. The molecule has 5 nitrogen and oxygen atoms in total. The third-order valence-electron chi connectivity index (χ3n) is 5.90. The molecule has 0 spiro atoms. The lowest BCUT2D eigenvalue weighted by atomic mass is 9.97. The van der Waals surface area contributed by atoms with Crippen molar-refractivity contribution in [2.24, 2.45) is 5.92 Å². The average Bonchev–Trinajstić information content (AvgIpc) is 2.99. The maximum atomic E-state index is 13.5. The van der Waals surface area contributed by atoms with Crippen LogP contribution < -0.4 is 9.80 Å². The minimum atomic E-state index is -0.375. The van der Waals surface area contributed by atoms with Gasteiger partial charge in [-0.25, -0.2) is 9.29 Å². The molecule has 0 aliphatic carbocycles. The van der Waals surface area contributed by atoms with Crippen LogP contribution in [-0.4, -0.2) is 43.9 Å². The normalized spacial score (nSPS) is 17.9. The Morgan fingerprint density at radius 3 is 2.27 bits per heavy atom. The van der Waals surface area contributed by atoms with E-state index >= 15 is 0 Å². The molecule has 6 heteroatoms. The summed E-state index contributed by atoms with van der Waals surface area (Å²) in [5, 5.41) is 0. The Balaban J connectivity index is 1.79. The van der Waals surface area contributed by atoms with E-state index in [4.69, 9.17) is 0 Å². The maximum absolute atomic E-state index is 13.5. The van der Waals surface area contributed by atoms with Gasteiger partial charge in [-0.05, 0) is 54.7 Å². The summed E-state index contributed by atoms with van der Waals surface area (Å²) in [5.74, 6) is -0.461. The summed E-state index contributed by atoms with van der Waals surface area (Å²) >= 11 is 0. The van der Waals surface area contributed by atoms with Crippen molar-refractivity contribution in [3.63, 3.8) is 0 Å². The Morgan fingerprint density at radius 1 is 0.967 bits per heavy atom. The Hall–Kier alpha value is -3.15. The molecule has 2 aliphatic rings. The topological polar surface area (TPSA) is 43.9 Å². The molecule has 1 fully saturated rings. The van der Waals surface area contributed by atoms with E-state index in [1.807, 2.05) is 42.1 Å². The number of piperidine rings is 1. The van der Waals surface area contributed by atoms with Crippen LogP contribution in [0.1, 0.15) is 25.3 Å². The van der Waals surface area contributed by atoms with Crippen molar-refractivity contribution in [1.82, 2.24) is 4.90 Å².